The largest absolute Gasteiger partial charge is 0.395 e. The van der Waals surface area contributed by atoms with E-state index in [1.165, 1.54) is 23.1 Å². The van der Waals surface area contributed by atoms with Gasteiger partial charge in [-0.2, -0.15) is 5.10 Å². The van der Waals surface area contributed by atoms with Crippen LogP contribution in [0.25, 0.3) is 10.9 Å². The topological polar surface area (TPSA) is 105 Å². The molecule has 3 heterocycles. The van der Waals surface area contributed by atoms with Crippen molar-refractivity contribution in [3.8, 4) is 0 Å². The number of H-pyrrole nitrogens is 2. The predicted molar refractivity (Wildman–Crippen MR) is 104 cm³/mol. The summed E-state index contributed by atoms with van der Waals surface area (Å²) in [5, 5.41) is 16.3. The first-order valence-electron chi connectivity index (χ1n) is 9.52. The number of fused-ring (bicyclic) bond motifs is 2. The molecule has 10 heteroatoms. The summed E-state index contributed by atoms with van der Waals surface area (Å²) in [6, 6.07) is 5.96. The first kappa shape index (κ1) is 20.0. The van der Waals surface area contributed by atoms with Crippen LogP contribution in [0.15, 0.2) is 24.3 Å². The minimum atomic E-state index is -2.64. The number of aromatic amines is 2. The zero-order valence-corrected chi connectivity index (χ0v) is 16.3. The van der Waals surface area contributed by atoms with E-state index >= 15 is 0 Å². The normalized spacial score (nSPS) is 13.7. The second-order valence-corrected chi connectivity index (χ2v) is 7.25. The maximum absolute atomic E-state index is 13.3. The van der Waals surface area contributed by atoms with E-state index in [-0.39, 0.29) is 48.5 Å². The van der Waals surface area contributed by atoms with Crippen molar-refractivity contribution in [1.29, 1.82) is 0 Å². The molecule has 0 atom stereocenters. The number of nitrogens with one attached hydrogen (secondary N) is 2. The lowest BCUT2D eigenvalue weighted by Gasteiger charge is -2.27. The Balaban J connectivity index is 1.60. The molecule has 3 aromatic rings. The summed E-state index contributed by atoms with van der Waals surface area (Å²) in [5.74, 6) is -0.677. The SMILES string of the molecule is CN(CCO)C(=O)c1n[nH]c2c1CN(C(=O)c1cc3c(C(F)F)cccc3[nH]1)CC2. The number of nitrogens with zero attached hydrogens (tertiary/aromatic N) is 3. The van der Waals surface area contributed by atoms with E-state index in [9.17, 15) is 18.4 Å². The Kier molecular flexibility index (Phi) is 5.25. The summed E-state index contributed by atoms with van der Waals surface area (Å²) in [6.07, 6.45) is -2.14. The Morgan fingerprint density at radius 3 is 2.90 bits per heavy atom. The standard InChI is InChI=1S/C20H21F2N5O3/c1-26(7-8-28)20(30)17-13-10-27(6-5-15(13)24-25-17)19(29)16-9-12-11(18(21)22)3-2-4-14(12)23-16/h2-4,9,18,23,28H,5-8,10H2,1H3,(H,24,25). The van der Waals surface area contributed by atoms with E-state index in [4.69, 9.17) is 5.11 Å². The Hall–Kier alpha value is -3.27. The molecule has 2 amide bonds. The highest BCUT2D eigenvalue weighted by molar-refractivity contribution is 5.99. The number of aliphatic hydroxyl groups excluding tert-OH is 1. The fourth-order valence-electron chi connectivity index (χ4n) is 3.73. The van der Waals surface area contributed by atoms with Crippen molar-refractivity contribution < 1.29 is 23.5 Å². The molecule has 30 heavy (non-hydrogen) atoms. The van der Waals surface area contributed by atoms with Crippen LogP contribution in [0.1, 0.15) is 44.2 Å². The van der Waals surface area contributed by atoms with Crippen molar-refractivity contribution in [3.63, 3.8) is 0 Å². The van der Waals surface area contributed by atoms with Crippen LogP contribution in [-0.2, 0) is 13.0 Å². The molecule has 0 fully saturated rings. The van der Waals surface area contributed by atoms with Crippen LogP contribution in [0.5, 0.6) is 0 Å². The number of hydrogen-bond donors (Lipinski definition) is 3. The summed E-state index contributed by atoms with van der Waals surface area (Å²) in [4.78, 5) is 31.5. The Morgan fingerprint density at radius 1 is 1.37 bits per heavy atom. The molecule has 1 aliphatic heterocycles. The number of likely N-dealkylation sites (N-methyl/N-ethyl adjacent to an activating group) is 1. The van der Waals surface area contributed by atoms with Crippen LogP contribution < -0.4 is 0 Å². The van der Waals surface area contributed by atoms with Gasteiger partial charge in [-0.05, 0) is 12.1 Å². The number of carbonyl (C=O) groups excluding carboxylic acids is 2. The monoisotopic (exact) mass is 417 g/mol. The molecule has 0 unspecified atom stereocenters. The molecule has 0 saturated heterocycles. The van der Waals surface area contributed by atoms with Gasteiger partial charge in [-0.1, -0.05) is 12.1 Å². The maximum Gasteiger partial charge on any atom is 0.274 e. The van der Waals surface area contributed by atoms with Gasteiger partial charge in [-0.25, -0.2) is 8.78 Å². The minimum Gasteiger partial charge on any atom is -0.395 e. The summed E-state index contributed by atoms with van der Waals surface area (Å²) in [7, 11) is 1.57. The van der Waals surface area contributed by atoms with Gasteiger partial charge in [0.15, 0.2) is 5.69 Å². The van der Waals surface area contributed by atoms with Gasteiger partial charge in [0.05, 0.1) is 13.2 Å². The smallest absolute Gasteiger partial charge is 0.274 e. The Bertz CT molecular complexity index is 1110. The van der Waals surface area contributed by atoms with Crippen molar-refractivity contribution >= 4 is 22.7 Å². The summed E-state index contributed by atoms with van der Waals surface area (Å²) < 4.78 is 26.5. The zero-order chi connectivity index (χ0) is 21.4. The average molecular weight is 417 g/mol. The van der Waals surface area contributed by atoms with Crippen LogP contribution >= 0.6 is 0 Å². The summed E-state index contributed by atoms with van der Waals surface area (Å²) >= 11 is 0. The molecule has 0 radical (unpaired) electrons. The first-order valence-corrected chi connectivity index (χ1v) is 9.52. The van der Waals surface area contributed by atoms with E-state index in [0.29, 0.717) is 29.4 Å². The molecule has 0 bridgehead atoms. The fourth-order valence-corrected chi connectivity index (χ4v) is 3.73. The molecule has 1 aromatic carbocycles. The summed E-state index contributed by atoms with van der Waals surface area (Å²) in [5.41, 5.74) is 2.20. The van der Waals surface area contributed by atoms with Crippen molar-refractivity contribution in [3.05, 3.63) is 52.5 Å². The van der Waals surface area contributed by atoms with Gasteiger partial charge in [0, 0.05) is 54.3 Å². The second-order valence-electron chi connectivity index (χ2n) is 7.25. The molecule has 2 aromatic heterocycles. The van der Waals surface area contributed by atoms with Gasteiger partial charge in [0.2, 0.25) is 0 Å². The van der Waals surface area contributed by atoms with Gasteiger partial charge in [0.25, 0.3) is 18.2 Å². The van der Waals surface area contributed by atoms with Gasteiger partial charge in [-0.15, -0.1) is 0 Å². The lowest BCUT2D eigenvalue weighted by Crippen LogP contribution is -2.37. The van der Waals surface area contributed by atoms with Crippen molar-refractivity contribution in [2.24, 2.45) is 0 Å². The lowest BCUT2D eigenvalue weighted by molar-refractivity contribution is 0.0714. The molecule has 3 N–H and O–H groups in total. The van der Waals surface area contributed by atoms with Crippen LogP contribution in [0, 0.1) is 0 Å². The highest BCUT2D eigenvalue weighted by atomic mass is 19.3. The highest BCUT2D eigenvalue weighted by Gasteiger charge is 2.30. The van der Waals surface area contributed by atoms with Crippen LogP contribution in [-0.4, -0.2) is 68.6 Å². The third kappa shape index (κ3) is 3.43. The van der Waals surface area contributed by atoms with E-state index in [1.807, 2.05) is 0 Å². The summed E-state index contributed by atoms with van der Waals surface area (Å²) in [6.45, 7) is 0.589. The number of hydrogen-bond acceptors (Lipinski definition) is 4. The van der Waals surface area contributed by atoms with Gasteiger partial charge in [-0.3, -0.25) is 14.7 Å². The van der Waals surface area contributed by atoms with Crippen LogP contribution in [0.3, 0.4) is 0 Å². The average Bonchev–Trinajstić information content (AvgIpc) is 3.36. The molecule has 0 saturated carbocycles. The number of amides is 2. The lowest BCUT2D eigenvalue weighted by atomic mass is 10.0. The third-order valence-electron chi connectivity index (χ3n) is 5.37. The third-order valence-corrected chi connectivity index (χ3v) is 5.37. The molecule has 0 aliphatic carbocycles. The van der Waals surface area contributed by atoms with E-state index < -0.39 is 6.43 Å². The van der Waals surface area contributed by atoms with Crippen molar-refractivity contribution in [1.82, 2.24) is 25.0 Å². The van der Waals surface area contributed by atoms with Crippen LogP contribution in [0.2, 0.25) is 0 Å². The van der Waals surface area contributed by atoms with Crippen molar-refractivity contribution in [2.75, 3.05) is 26.7 Å². The number of carbonyl (C=O) groups is 2. The number of alkyl halides is 2. The second kappa shape index (κ2) is 7.86. The molecule has 8 nitrogen and oxygen atoms in total. The maximum atomic E-state index is 13.3. The van der Waals surface area contributed by atoms with Gasteiger partial charge < -0.3 is 19.9 Å². The molecule has 0 spiro atoms. The minimum absolute atomic E-state index is 0.127. The number of benzene rings is 1. The number of rotatable bonds is 5. The van der Waals surface area contributed by atoms with E-state index in [2.05, 4.69) is 15.2 Å². The van der Waals surface area contributed by atoms with Gasteiger partial charge in [0.1, 0.15) is 5.69 Å². The highest BCUT2D eigenvalue weighted by Crippen LogP contribution is 2.29. The number of aliphatic hydroxyl groups is 1. The molecule has 4 rings (SSSR count). The quantitative estimate of drug-likeness (QED) is 0.591. The fraction of sp³-hybridized carbons (Fsp3) is 0.350. The first-order chi connectivity index (χ1) is 14.4. The molecular formula is C20H21F2N5O3. The predicted octanol–water partition coefficient (Wildman–Crippen LogP) is 2.09. The number of aromatic nitrogens is 3. The molecule has 158 valence electrons. The zero-order valence-electron chi connectivity index (χ0n) is 16.3. The van der Waals surface area contributed by atoms with Gasteiger partial charge >= 0.3 is 0 Å². The molecular weight excluding hydrogens is 396 g/mol. The van der Waals surface area contributed by atoms with E-state index in [1.54, 1.807) is 18.0 Å². The van der Waals surface area contributed by atoms with Crippen molar-refractivity contribution in [2.45, 2.75) is 19.4 Å². The number of halogens is 2. The molecule has 1 aliphatic rings. The Morgan fingerprint density at radius 2 is 2.17 bits per heavy atom. The Labute approximate surface area is 170 Å². The van der Waals surface area contributed by atoms with E-state index in [0.717, 1.165) is 5.69 Å². The van der Waals surface area contributed by atoms with Crippen LogP contribution in [0.4, 0.5) is 8.78 Å².